The van der Waals surface area contributed by atoms with Gasteiger partial charge in [0, 0.05) is 18.5 Å². The van der Waals surface area contributed by atoms with Crippen molar-refractivity contribution in [1.29, 1.82) is 0 Å². The molecule has 0 radical (unpaired) electrons. The lowest BCUT2D eigenvalue weighted by Gasteiger charge is -2.13. The van der Waals surface area contributed by atoms with Gasteiger partial charge in [-0.2, -0.15) is 0 Å². The summed E-state index contributed by atoms with van der Waals surface area (Å²) >= 11 is 0. The Morgan fingerprint density at radius 3 is 2.32 bits per heavy atom. The van der Waals surface area contributed by atoms with Gasteiger partial charge in [-0.05, 0) is 37.6 Å². The van der Waals surface area contributed by atoms with Gasteiger partial charge in [-0.1, -0.05) is 6.92 Å². The second-order valence-corrected chi connectivity index (χ2v) is 7.23. The Morgan fingerprint density at radius 1 is 1.27 bits per heavy atom. The van der Waals surface area contributed by atoms with Crippen LogP contribution < -0.4 is 11.1 Å². The van der Waals surface area contributed by atoms with Crippen molar-refractivity contribution in [3.8, 4) is 0 Å². The van der Waals surface area contributed by atoms with Crippen LogP contribution in [-0.4, -0.2) is 32.7 Å². The number of hydrogen-bond acceptors (Lipinski definition) is 4. The molecule has 0 saturated carbocycles. The first-order valence-corrected chi connectivity index (χ1v) is 8.39. The molecule has 1 aromatic rings. The Kier molecular flexibility index (Phi) is 8.58. The van der Waals surface area contributed by atoms with Crippen LogP contribution in [0.25, 0.3) is 0 Å². The van der Waals surface area contributed by atoms with E-state index in [1.165, 1.54) is 12.1 Å². The van der Waals surface area contributed by atoms with Gasteiger partial charge in [0.2, 0.25) is 5.91 Å². The first-order valence-electron chi connectivity index (χ1n) is 6.74. The van der Waals surface area contributed by atoms with Crippen molar-refractivity contribution in [3.63, 3.8) is 0 Å². The first kappa shape index (κ1) is 20.8. The second kappa shape index (κ2) is 9.07. The summed E-state index contributed by atoms with van der Waals surface area (Å²) in [6.45, 7) is 3.79. The fraction of sp³-hybridized carbons (Fsp3) is 0.500. The van der Waals surface area contributed by atoms with Gasteiger partial charge in [0.25, 0.3) is 0 Å². The third-order valence-corrected chi connectivity index (χ3v) is 4.92. The van der Waals surface area contributed by atoms with E-state index >= 15 is 0 Å². The van der Waals surface area contributed by atoms with E-state index < -0.39 is 21.6 Å². The van der Waals surface area contributed by atoms with E-state index in [0.29, 0.717) is 13.0 Å². The van der Waals surface area contributed by atoms with Gasteiger partial charge in [0.05, 0.1) is 10.6 Å². The van der Waals surface area contributed by atoms with Crippen molar-refractivity contribution >= 4 is 28.2 Å². The third-order valence-electron chi connectivity index (χ3n) is 2.99. The van der Waals surface area contributed by atoms with E-state index in [-0.39, 0.29) is 35.0 Å². The molecule has 3 N–H and O–H groups in total. The number of sulfone groups is 1. The molecule has 0 bridgehead atoms. The van der Waals surface area contributed by atoms with E-state index in [1.807, 2.05) is 6.92 Å². The third kappa shape index (κ3) is 6.72. The molecule has 1 amide bonds. The molecule has 0 saturated heterocycles. The lowest BCUT2D eigenvalue weighted by atomic mass is 10.2. The van der Waals surface area contributed by atoms with E-state index in [4.69, 9.17) is 5.73 Å². The summed E-state index contributed by atoms with van der Waals surface area (Å²) in [7, 11) is -3.61. The zero-order valence-corrected chi connectivity index (χ0v) is 14.2. The van der Waals surface area contributed by atoms with Crippen LogP contribution in [-0.2, 0) is 14.6 Å². The molecule has 0 aliphatic rings. The summed E-state index contributed by atoms with van der Waals surface area (Å²) in [5.74, 6) is -1.84. The molecule has 0 heterocycles. The van der Waals surface area contributed by atoms with Crippen LogP contribution in [0.15, 0.2) is 29.2 Å². The van der Waals surface area contributed by atoms with E-state index in [9.17, 15) is 17.6 Å². The number of nitrogens with one attached hydrogen (secondary N) is 1. The topological polar surface area (TPSA) is 89.3 Å². The molecule has 8 heteroatoms. The van der Waals surface area contributed by atoms with Gasteiger partial charge in [0.15, 0.2) is 9.84 Å². The molecular weight excluding hydrogens is 331 g/mol. The Morgan fingerprint density at radius 2 is 1.82 bits per heavy atom. The average molecular weight is 353 g/mol. The predicted molar refractivity (Wildman–Crippen MR) is 86.1 cm³/mol. The smallest absolute Gasteiger partial charge is 0.223 e. The predicted octanol–water partition coefficient (Wildman–Crippen LogP) is 1.51. The Labute approximate surface area is 136 Å². The van der Waals surface area contributed by atoms with Crippen LogP contribution in [0.1, 0.15) is 20.3 Å². The Hall–Kier alpha value is -1.18. The second-order valence-electron chi connectivity index (χ2n) is 5.19. The number of rotatable bonds is 7. The molecular formula is C14H22ClFN2O3S. The summed E-state index contributed by atoms with van der Waals surface area (Å²) in [4.78, 5) is 11.8. The van der Waals surface area contributed by atoms with Crippen molar-refractivity contribution in [2.24, 2.45) is 11.7 Å². The first-order chi connectivity index (χ1) is 9.72. The van der Waals surface area contributed by atoms with Crippen molar-refractivity contribution in [2.45, 2.75) is 31.2 Å². The fourth-order valence-electron chi connectivity index (χ4n) is 1.74. The highest BCUT2D eigenvalue weighted by Gasteiger charge is 2.23. The van der Waals surface area contributed by atoms with Crippen molar-refractivity contribution in [2.75, 3.05) is 12.3 Å². The summed E-state index contributed by atoms with van der Waals surface area (Å²) in [6, 6.07) is 4.54. The maximum absolute atomic E-state index is 12.8. The highest BCUT2D eigenvalue weighted by Crippen LogP contribution is 2.15. The molecule has 0 aromatic heterocycles. The fourth-order valence-corrected chi connectivity index (χ4v) is 3.29. The lowest BCUT2D eigenvalue weighted by molar-refractivity contribution is -0.123. The zero-order valence-electron chi connectivity index (χ0n) is 12.6. The normalized spacial score (nSPS) is 13.8. The summed E-state index contributed by atoms with van der Waals surface area (Å²) in [5, 5.41) is 2.65. The average Bonchev–Trinajstić information content (AvgIpc) is 2.38. The highest BCUT2D eigenvalue weighted by atomic mass is 35.5. The molecule has 2 atom stereocenters. The SMILES string of the molecule is CC(N)CCNC(=O)C(C)CS(=O)(=O)c1ccc(F)cc1.Cl. The maximum Gasteiger partial charge on any atom is 0.223 e. The van der Waals surface area contributed by atoms with Gasteiger partial charge in [-0.15, -0.1) is 12.4 Å². The minimum Gasteiger partial charge on any atom is -0.356 e. The van der Waals surface area contributed by atoms with Gasteiger partial charge < -0.3 is 11.1 Å². The van der Waals surface area contributed by atoms with Gasteiger partial charge in [0.1, 0.15) is 5.82 Å². The molecule has 22 heavy (non-hydrogen) atoms. The molecule has 1 rings (SSSR count). The van der Waals surface area contributed by atoms with Crippen LogP contribution in [0.3, 0.4) is 0 Å². The number of carbonyl (C=O) groups is 1. The maximum atomic E-state index is 12.8. The molecule has 0 spiro atoms. The van der Waals surface area contributed by atoms with Gasteiger partial charge in [-0.25, -0.2) is 12.8 Å². The van der Waals surface area contributed by atoms with Crippen LogP contribution in [0, 0.1) is 11.7 Å². The van der Waals surface area contributed by atoms with Crippen LogP contribution in [0.4, 0.5) is 4.39 Å². The number of carbonyl (C=O) groups excluding carboxylic acids is 1. The van der Waals surface area contributed by atoms with Gasteiger partial charge in [-0.3, -0.25) is 4.79 Å². The minimum absolute atomic E-state index is 0. The number of amides is 1. The summed E-state index contributed by atoms with van der Waals surface area (Å²) in [5.41, 5.74) is 5.57. The zero-order chi connectivity index (χ0) is 16.0. The standard InChI is InChI=1S/C14H21FN2O3S.ClH/c1-10(14(18)17-8-7-11(2)16)9-21(19,20)13-5-3-12(15)4-6-13;/h3-6,10-11H,7-9,16H2,1-2H3,(H,17,18);1H. The van der Waals surface area contributed by atoms with Gasteiger partial charge >= 0.3 is 0 Å². The molecule has 5 nitrogen and oxygen atoms in total. The molecule has 126 valence electrons. The minimum atomic E-state index is -3.61. The Balaban J connectivity index is 0.00000441. The van der Waals surface area contributed by atoms with Crippen LogP contribution >= 0.6 is 12.4 Å². The van der Waals surface area contributed by atoms with Crippen molar-refractivity contribution < 1.29 is 17.6 Å². The molecule has 0 aliphatic carbocycles. The number of benzene rings is 1. The van der Waals surface area contributed by atoms with Crippen LogP contribution in [0.2, 0.25) is 0 Å². The molecule has 1 aromatic carbocycles. The van der Waals surface area contributed by atoms with Crippen LogP contribution in [0.5, 0.6) is 0 Å². The largest absolute Gasteiger partial charge is 0.356 e. The molecule has 0 aliphatic heterocycles. The Bertz CT molecular complexity index is 576. The summed E-state index contributed by atoms with van der Waals surface area (Å²) in [6.07, 6.45) is 0.628. The molecule has 2 unspecified atom stereocenters. The number of halogens is 2. The highest BCUT2D eigenvalue weighted by molar-refractivity contribution is 7.91. The number of hydrogen-bond donors (Lipinski definition) is 2. The lowest BCUT2D eigenvalue weighted by Crippen LogP contribution is -2.35. The van der Waals surface area contributed by atoms with Crippen molar-refractivity contribution in [1.82, 2.24) is 5.32 Å². The number of nitrogens with two attached hydrogens (primary N) is 1. The van der Waals surface area contributed by atoms with E-state index in [2.05, 4.69) is 5.32 Å². The quantitative estimate of drug-likeness (QED) is 0.728. The monoisotopic (exact) mass is 352 g/mol. The summed E-state index contributed by atoms with van der Waals surface area (Å²) < 4.78 is 37.0. The molecule has 0 fully saturated rings. The van der Waals surface area contributed by atoms with Crippen molar-refractivity contribution in [3.05, 3.63) is 30.1 Å². The van der Waals surface area contributed by atoms with E-state index in [1.54, 1.807) is 6.92 Å². The van der Waals surface area contributed by atoms with E-state index in [0.717, 1.165) is 12.1 Å².